The molecule has 98 valence electrons. The summed E-state index contributed by atoms with van der Waals surface area (Å²) >= 11 is 0. The van der Waals surface area contributed by atoms with Crippen LogP contribution in [0, 0.1) is 0 Å². The number of methoxy groups -OCH3 is 2. The van der Waals surface area contributed by atoms with E-state index in [0.29, 0.717) is 11.5 Å². The fourth-order valence-electron chi connectivity index (χ4n) is 2.48. The molecule has 3 N–H and O–H groups in total. The Hall–Kier alpha value is -1.75. The number of hydrazine groups is 1. The van der Waals surface area contributed by atoms with E-state index in [1.54, 1.807) is 20.3 Å². The Bertz CT molecular complexity index is 456. The molecule has 0 aromatic heterocycles. The van der Waals surface area contributed by atoms with Gasteiger partial charge in [0, 0.05) is 11.6 Å². The molecule has 0 bridgehead atoms. The van der Waals surface area contributed by atoms with E-state index >= 15 is 0 Å². The first-order chi connectivity index (χ1) is 8.67. The van der Waals surface area contributed by atoms with E-state index < -0.39 is 5.41 Å². The molecule has 1 amide bonds. The predicted molar refractivity (Wildman–Crippen MR) is 67.4 cm³/mol. The van der Waals surface area contributed by atoms with Crippen LogP contribution in [-0.2, 0) is 10.2 Å². The molecular weight excluding hydrogens is 232 g/mol. The number of benzene rings is 1. The normalized spacial score (nSPS) is 16.6. The Kier molecular flexibility index (Phi) is 3.43. The predicted octanol–water partition coefficient (Wildman–Crippen LogP) is 1.12. The molecule has 1 fully saturated rings. The second-order valence-corrected chi connectivity index (χ2v) is 4.48. The van der Waals surface area contributed by atoms with Gasteiger partial charge in [-0.1, -0.05) is 12.5 Å². The molecule has 0 atom stereocenters. The first-order valence-electron chi connectivity index (χ1n) is 5.91. The van der Waals surface area contributed by atoms with Crippen LogP contribution in [0.1, 0.15) is 24.8 Å². The zero-order valence-electron chi connectivity index (χ0n) is 10.7. The van der Waals surface area contributed by atoms with E-state index in [4.69, 9.17) is 15.3 Å². The lowest BCUT2D eigenvalue weighted by Crippen LogP contribution is -2.51. The van der Waals surface area contributed by atoms with Gasteiger partial charge in [0.1, 0.15) is 11.5 Å². The van der Waals surface area contributed by atoms with Crippen LogP contribution in [0.25, 0.3) is 0 Å². The summed E-state index contributed by atoms with van der Waals surface area (Å²) in [5.74, 6) is 6.50. The van der Waals surface area contributed by atoms with Crippen molar-refractivity contribution >= 4 is 5.91 Å². The van der Waals surface area contributed by atoms with Crippen molar-refractivity contribution in [2.45, 2.75) is 24.7 Å². The van der Waals surface area contributed by atoms with Gasteiger partial charge in [-0.2, -0.15) is 0 Å². The minimum Gasteiger partial charge on any atom is -0.497 e. The third kappa shape index (κ3) is 1.80. The van der Waals surface area contributed by atoms with Crippen LogP contribution in [0.3, 0.4) is 0 Å². The Morgan fingerprint density at radius 2 is 2.06 bits per heavy atom. The second-order valence-electron chi connectivity index (χ2n) is 4.48. The minimum atomic E-state index is -0.549. The molecular formula is C13H18N2O3. The zero-order chi connectivity index (χ0) is 13.2. The molecule has 0 aliphatic heterocycles. The third-order valence-corrected chi connectivity index (χ3v) is 3.70. The molecule has 0 radical (unpaired) electrons. The molecule has 1 aliphatic rings. The van der Waals surface area contributed by atoms with Crippen LogP contribution in [-0.4, -0.2) is 20.1 Å². The number of hydrogen-bond acceptors (Lipinski definition) is 4. The monoisotopic (exact) mass is 250 g/mol. The topological polar surface area (TPSA) is 73.6 Å². The quantitative estimate of drug-likeness (QED) is 0.477. The maximum absolute atomic E-state index is 12.0. The summed E-state index contributed by atoms with van der Waals surface area (Å²) in [6.45, 7) is 0. The van der Waals surface area contributed by atoms with Gasteiger partial charge < -0.3 is 9.47 Å². The average molecular weight is 250 g/mol. The van der Waals surface area contributed by atoms with E-state index in [1.807, 2.05) is 12.1 Å². The largest absolute Gasteiger partial charge is 0.497 e. The van der Waals surface area contributed by atoms with Crippen LogP contribution < -0.4 is 20.7 Å². The molecule has 5 nitrogen and oxygen atoms in total. The summed E-state index contributed by atoms with van der Waals surface area (Å²) in [5.41, 5.74) is 2.59. The van der Waals surface area contributed by atoms with E-state index in [1.165, 1.54) is 0 Å². The molecule has 0 saturated heterocycles. The highest BCUT2D eigenvalue weighted by atomic mass is 16.5. The lowest BCUT2D eigenvalue weighted by molar-refractivity contribution is -0.130. The first-order valence-corrected chi connectivity index (χ1v) is 5.91. The fraction of sp³-hybridized carbons (Fsp3) is 0.462. The molecule has 1 aliphatic carbocycles. The molecule has 18 heavy (non-hydrogen) atoms. The highest BCUT2D eigenvalue weighted by Crippen LogP contribution is 2.47. The summed E-state index contributed by atoms with van der Waals surface area (Å²) in [6.07, 6.45) is 2.60. The van der Waals surface area contributed by atoms with Crippen molar-refractivity contribution in [2.24, 2.45) is 5.84 Å². The minimum absolute atomic E-state index is 0.155. The van der Waals surface area contributed by atoms with Crippen molar-refractivity contribution < 1.29 is 14.3 Å². The number of nitrogens with two attached hydrogens (primary N) is 1. The first kappa shape index (κ1) is 12.7. The maximum Gasteiger partial charge on any atom is 0.244 e. The van der Waals surface area contributed by atoms with Gasteiger partial charge >= 0.3 is 0 Å². The fourth-order valence-corrected chi connectivity index (χ4v) is 2.48. The number of carbonyl (C=O) groups excluding carboxylic acids is 1. The molecule has 1 saturated carbocycles. The van der Waals surface area contributed by atoms with Crippen LogP contribution in [0.2, 0.25) is 0 Å². The van der Waals surface area contributed by atoms with Crippen LogP contribution in [0.15, 0.2) is 18.2 Å². The van der Waals surface area contributed by atoms with Crippen LogP contribution >= 0.6 is 0 Å². The Labute approximate surface area is 106 Å². The third-order valence-electron chi connectivity index (χ3n) is 3.70. The Morgan fingerprint density at radius 3 is 2.50 bits per heavy atom. The summed E-state index contributed by atoms with van der Waals surface area (Å²) in [6, 6.07) is 5.51. The molecule has 2 rings (SSSR count). The van der Waals surface area contributed by atoms with Gasteiger partial charge in [-0.25, -0.2) is 5.84 Å². The lowest BCUT2D eigenvalue weighted by Gasteiger charge is -2.40. The number of rotatable bonds is 4. The van der Waals surface area contributed by atoms with Gasteiger partial charge in [-0.15, -0.1) is 0 Å². The van der Waals surface area contributed by atoms with Crippen molar-refractivity contribution in [3.8, 4) is 11.5 Å². The van der Waals surface area contributed by atoms with Crippen molar-refractivity contribution in [3.63, 3.8) is 0 Å². The Balaban J connectivity index is 2.45. The molecule has 0 unspecified atom stereocenters. The SMILES string of the molecule is COc1ccc(C2(C(=O)NN)CCC2)c(OC)c1. The molecule has 5 heteroatoms. The highest BCUT2D eigenvalue weighted by molar-refractivity contribution is 5.89. The van der Waals surface area contributed by atoms with E-state index in [9.17, 15) is 4.79 Å². The van der Waals surface area contributed by atoms with Gasteiger partial charge in [0.2, 0.25) is 5.91 Å². The standard InChI is InChI=1S/C13H18N2O3/c1-17-9-4-5-10(11(8-9)18-2)13(6-3-7-13)12(16)15-14/h4-5,8H,3,6-7,14H2,1-2H3,(H,15,16). The second kappa shape index (κ2) is 4.86. The summed E-state index contributed by atoms with van der Waals surface area (Å²) in [7, 11) is 3.19. The van der Waals surface area contributed by atoms with Gasteiger partial charge in [-0.05, 0) is 18.9 Å². The van der Waals surface area contributed by atoms with E-state index in [0.717, 1.165) is 24.8 Å². The molecule has 0 spiro atoms. The summed E-state index contributed by atoms with van der Waals surface area (Å²) in [4.78, 5) is 12.0. The smallest absolute Gasteiger partial charge is 0.244 e. The van der Waals surface area contributed by atoms with Crippen molar-refractivity contribution in [1.82, 2.24) is 5.43 Å². The van der Waals surface area contributed by atoms with Crippen molar-refractivity contribution in [2.75, 3.05) is 14.2 Å². The summed E-state index contributed by atoms with van der Waals surface area (Å²) < 4.78 is 10.5. The van der Waals surface area contributed by atoms with Crippen LogP contribution in [0.4, 0.5) is 0 Å². The molecule has 0 heterocycles. The number of nitrogens with one attached hydrogen (secondary N) is 1. The number of ether oxygens (including phenoxy) is 2. The summed E-state index contributed by atoms with van der Waals surface area (Å²) in [5, 5.41) is 0. The van der Waals surface area contributed by atoms with Gasteiger partial charge in [0.25, 0.3) is 0 Å². The zero-order valence-corrected chi connectivity index (χ0v) is 10.7. The Morgan fingerprint density at radius 1 is 1.33 bits per heavy atom. The van der Waals surface area contributed by atoms with E-state index in [2.05, 4.69) is 5.43 Å². The number of hydrogen-bond donors (Lipinski definition) is 2. The molecule has 1 aromatic carbocycles. The van der Waals surface area contributed by atoms with Crippen LogP contribution in [0.5, 0.6) is 11.5 Å². The highest BCUT2D eigenvalue weighted by Gasteiger charge is 2.47. The average Bonchev–Trinajstić information content (AvgIpc) is 2.37. The lowest BCUT2D eigenvalue weighted by atomic mass is 9.63. The maximum atomic E-state index is 12.0. The van der Waals surface area contributed by atoms with E-state index in [-0.39, 0.29) is 5.91 Å². The van der Waals surface area contributed by atoms with Gasteiger partial charge in [-0.3, -0.25) is 10.2 Å². The van der Waals surface area contributed by atoms with Crippen molar-refractivity contribution in [1.29, 1.82) is 0 Å². The van der Waals surface area contributed by atoms with Crippen molar-refractivity contribution in [3.05, 3.63) is 23.8 Å². The van der Waals surface area contributed by atoms with Gasteiger partial charge in [0.05, 0.1) is 19.6 Å². The molecule has 1 aromatic rings. The number of amides is 1. The van der Waals surface area contributed by atoms with Gasteiger partial charge in [0.15, 0.2) is 0 Å². The number of carbonyl (C=O) groups is 1.